The second kappa shape index (κ2) is 4.79. The smallest absolute Gasteiger partial charge is 0.223 e. The molecule has 0 saturated heterocycles. The molecule has 0 aromatic carbocycles. The van der Waals surface area contributed by atoms with E-state index in [-0.39, 0.29) is 0 Å². The highest BCUT2D eigenvalue weighted by molar-refractivity contribution is 5.56. The number of aryl methyl sites for hydroxylation is 1. The molecule has 2 N–H and O–H groups in total. The summed E-state index contributed by atoms with van der Waals surface area (Å²) in [6.07, 6.45) is 2.96. The Balaban J connectivity index is 2.29. The van der Waals surface area contributed by atoms with Gasteiger partial charge in [-0.1, -0.05) is 6.92 Å². The van der Waals surface area contributed by atoms with Crippen LogP contribution in [0.3, 0.4) is 0 Å². The molecule has 0 aliphatic heterocycles. The predicted octanol–water partition coefficient (Wildman–Crippen LogP) is 2.60. The number of hydrogen-bond acceptors (Lipinski definition) is 3. The van der Waals surface area contributed by atoms with Crippen molar-refractivity contribution in [1.82, 2.24) is 15.0 Å². The lowest BCUT2D eigenvalue weighted by Gasteiger charge is -2.06. The number of hydrogen-bond donors (Lipinski definition) is 2. The Bertz CT molecular complexity index is 448. The van der Waals surface area contributed by atoms with Crippen LogP contribution >= 0.6 is 0 Å². The molecule has 0 amide bonds. The molecule has 0 fully saturated rings. The number of nitrogens with one attached hydrogen (secondary N) is 2. The van der Waals surface area contributed by atoms with Crippen LogP contribution in [-0.2, 0) is 0 Å². The van der Waals surface area contributed by atoms with E-state index in [0.717, 1.165) is 30.0 Å². The fourth-order valence-corrected chi connectivity index (χ4v) is 1.51. The van der Waals surface area contributed by atoms with Gasteiger partial charge in [0.2, 0.25) is 5.95 Å². The first-order valence-corrected chi connectivity index (χ1v) is 5.53. The highest BCUT2D eigenvalue weighted by Gasteiger charge is 2.04. The molecule has 0 atom stereocenters. The Morgan fingerprint density at radius 3 is 2.94 bits per heavy atom. The third-order valence-electron chi connectivity index (χ3n) is 2.26. The largest absolute Gasteiger partial charge is 0.360 e. The summed E-state index contributed by atoms with van der Waals surface area (Å²) in [7, 11) is 0. The van der Waals surface area contributed by atoms with E-state index in [2.05, 4.69) is 27.2 Å². The maximum absolute atomic E-state index is 4.46. The first-order valence-electron chi connectivity index (χ1n) is 5.53. The van der Waals surface area contributed by atoms with Crippen LogP contribution in [-0.4, -0.2) is 21.5 Å². The first-order chi connectivity index (χ1) is 7.79. The number of H-pyrrole nitrogens is 1. The summed E-state index contributed by atoms with van der Waals surface area (Å²) in [6.45, 7) is 4.99. The van der Waals surface area contributed by atoms with E-state index in [0.29, 0.717) is 5.95 Å². The zero-order valence-electron chi connectivity index (χ0n) is 9.62. The normalized spacial score (nSPS) is 10.4. The van der Waals surface area contributed by atoms with Crippen LogP contribution in [0.1, 0.15) is 19.0 Å². The SMILES string of the molecule is CCCNc1nc(C)cc(-c2ccc[nH]2)n1. The number of nitrogens with zero attached hydrogens (tertiary/aromatic N) is 2. The van der Waals surface area contributed by atoms with E-state index >= 15 is 0 Å². The van der Waals surface area contributed by atoms with Crippen molar-refractivity contribution < 1.29 is 0 Å². The molecule has 0 bridgehead atoms. The van der Waals surface area contributed by atoms with E-state index in [1.165, 1.54) is 0 Å². The topological polar surface area (TPSA) is 53.6 Å². The van der Waals surface area contributed by atoms with E-state index in [4.69, 9.17) is 0 Å². The van der Waals surface area contributed by atoms with Crippen molar-refractivity contribution in [2.24, 2.45) is 0 Å². The van der Waals surface area contributed by atoms with Gasteiger partial charge in [0.25, 0.3) is 0 Å². The summed E-state index contributed by atoms with van der Waals surface area (Å²) in [6, 6.07) is 5.94. The molecule has 16 heavy (non-hydrogen) atoms. The van der Waals surface area contributed by atoms with Gasteiger partial charge in [0.1, 0.15) is 0 Å². The highest BCUT2D eigenvalue weighted by Crippen LogP contribution is 2.16. The van der Waals surface area contributed by atoms with Gasteiger partial charge >= 0.3 is 0 Å². The summed E-state index contributed by atoms with van der Waals surface area (Å²) in [5.41, 5.74) is 2.92. The van der Waals surface area contributed by atoms with Crippen molar-refractivity contribution in [3.63, 3.8) is 0 Å². The zero-order chi connectivity index (χ0) is 11.4. The predicted molar refractivity (Wildman–Crippen MR) is 65.3 cm³/mol. The molecule has 2 aromatic heterocycles. The average molecular weight is 216 g/mol. The molecule has 2 heterocycles. The number of rotatable bonds is 4. The molecule has 0 saturated carbocycles. The number of anilines is 1. The molecule has 2 rings (SSSR count). The second-order valence-electron chi connectivity index (χ2n) is 3.73. The quantitative estimate of drug-likeness (QED) is 0.826. The molecular formula is C12H16N4. The van der Waals surface area contributed by atoms with Crippen molar-refractivity contribution in [2.75, 3.05) is 11.9 Å². The minimum absolute atomic E-state index is 0.700. The van der Waals surface area contributed by atoms with E-state index in [1.54, 1.807) is 0 Å². The lowest BCUT2D eigenvalue weighted by Crippen LogP contribution is -2.05. The van der Waals surface area contributed by atoms with Gasteiger partial charge in [-0.25, -0.2) is 9.97 Å². The van der Waals surface area contributed by atoms with Crippen LogP contribution < -0.4 is 5.32 Å². The fourth-order valence-electron chi connectivity index (χ4n) is 1.51. The van der Waals surface area contributed by atoms with Crippen molar-refractivity contribution in [2.45, 2.75) is 20.3 Å². The van der Waals surface area contributed by atoms with Gasteiger partial charge in [-0.3, -0.25) is 0 Å². The third-order valence-corrected chi connectivity index (χ3v) is 2.26. The van der Waals surface area contributed by atoms with Crippen molar-refractivity contribution in [1.29, 1.82) is 0 Å². The maximum Gasteiger partial charge on any atom is 0.223 e. The van der Waals surface area contributed by atoms with Crippen LogP contribution in [0, 0.1) is 6.92 Å². The van der Waals surface area contributed by atoms with E-state index < -0.39 is 0 Å². The molecule has 84 valence electrons. The Labute approximate surface area is 95.1 Å². The summed E-state index contributed by atoms with van der Waals surface area (Å²) in [4.78, 5) is 12.0. The van der Waals surface area contributed by atoms with Crippen molar-refractivity contribution in [3.8, 4) is 11.4 Å². The first kappa shape index (κ1) is 10.7. The monoisotopic (exact) mass is 216 g/mol. The molecule has 0 aliphatic rings. The van der Waals surface area contributed by atoms with Gasteiger partial charge in [0.15, 0.2) is 0 Å². The highest BCUT2D eigenvalue weighted by atomic mass is 15.1. The van der Waals surface area contributed by atoms with E-state index in [1.807, 2.05) is 31.3 Å². The zero-order valence-corrected chi connectivity index (χ0v) is 9.62. The molecule has 0 aliphatic carbocycles. The Morgan fingerprint density at radius 1 is 1.38 bits per heavy atom. The van der Waals surface area contributed by atoms with Gasteiger partial charge in [-0.2, -0.15) is 0 Å². The molecule has 4 nitrogen and oxygen atoms in total. The molecule has 0 radical (unpaired) electrons. The third kappa shape index (κ3) is 2.39. The lowest BCUT2D eigenvalue weighted by atomic mass is 10.2. The summed E-state index contributed by atoms with van der Waals surface area (Å²) >= 11 is 0. The summed E-state index contributed by atoms with van der Waals surface area (Å²) < 4.78 is 0. The maximum atomic E-state index is 4.46. The molecule has 0 unspecified atom stereocenters. The Kier molecular flexibility index (Phi) is 3.19. The lowest BCUT2D eigenvalue weighted by molar-refractivity contribution is 0.946. The Morgan fingerprint density at radius 2 is 2.25 bits per heavy atom. The van der Waals surface area contributed by atoms with Gasteiger partial charge < -0.3 is 10.3 Å². The van der Waals surface area contributed by atoms with Crippen LogP contribution in [0.15, 0.2) is 24.4 Å². The van der Waals surface area contributed by atoms with Gasteiger partial charge in [-0.15, -0.1) is 0 Å². The Hall–Kier alpha value is -1.84. The standard InChI is InChI=1S/C12H16N4/c1-3-6-14-12-15-9(2)8-11(16-12)10-5-4-7-13-10/h4-5,7-8,13H,3,6H2,1-2H3,(H,14,15,16). The average Bonchev–Trinajstić information content (AvgIpc) is 2.79. The fraction of sp³-hybridized carbons (Fsp3) is 0.333. The van der Waals surface area contributed by atoms with Crippen LogP contribution in [0.25, 0.3) is 11.4 Å². The van der Waals surface area contributed by atoms with Crippen LogP contribution in [0.2, 0.25) is 0 Å². The minimum atomic E-state index is 0.700. The van der Waals surface area contributed by atoms with Crippen LogP contribution in [0.5, 0.6) is 0 Å². The minimum Gasteiger partial charge on any atom is -0.360 e. The molecule has 2 aromatic rings. The summed E-state index contributed by atoms with van der Waals surface area (Å²) in [5.74, 6) is 0.700. The van der Waals surface area contributed by atoms with Gasteiger partial charge in [0, 0.05) is 18.4 Å². The molecule has 4 heteroatoms. The van der Waals surface area contributed by atoms with Gasteiger partial charge in [-0.05, 0) is 31.5 Å². The van der Waals surface area contributed by atoms with E-state index in [9.17, 15) is 0 Å². The number of aromatic nitrogens is 3. The molecular weight excluding hydrogens is 200 g/mol. The van der Waals surface area contributed by atoms with Crippen molar-refractivity contribution >= 4 is 5.95 Å². The summed E-state index contributed by atoms with van der Waals surface area (Å²) in [5, 5.41) is 3.20. The van der Waals surface area contributed by atoms with Crippen molar-refractivity contribution in [3.05, 3.63) is 30.1 Å². The van der Waals surface area contributed by atoms with Gasteiger partial charge in [0.05, 0.1) is 11.4 Å². The second-order valence-corrected chi connectivity index (χ2v) is 3.73. The van der Waals surface area contributed by atoms with Crippen LogP contribution in [0.4, 0.5) is 5.95 Å². The molecule has 0 spiro atoms. The number of aromatic amines is 1.